The Morgan fingerprint density at radius 2 is 1.23 bits per heavy atom. The van der Waals surface area contributed by atoms with Crippen molar-refractivity contribution in [1.29, 1.82) is 0 Å². The van der Waals surface area contributed by atoms with E-state index in [1.807, 2.05) is 0 Å². The molecule has 0 saturated heterocycles. The molecule has 0 saturated carbocycles. The van der Waals surface area contributed by atoms with Gasteiger partial charge in [-0.25, -0.2) is 0 Å². The number of hydrogen-bond donors (Lipinski definition) is 0. The molecule has 3 aliphatic carbocycles. The molecular weight excluding hydrogens is 567 g/mol. The molecule has 6 aromatic rings. The van der Waals surface area contributed by atoms with Crippen LogP contribution in [0.3, 0.4) is 0 Å². The summed E-state index contributed by atoms with van der Waals surface area (Å²) < 4.78 is 0. The van der Waals surface area contributed by atoms with Crippen molar-refractivity contribution in [2.75, 3.05) is 4.90 Å². The van der Waals surface area contributed by atoms with Crippen LogP contribution in [0.2, 0.25) is 0 Å². The van der Waals surface area contributed by atoms with Crippen molar-refractivity contribution in [3.63, 3.8) is 0 Å². The van der Waals surface area contributed by atoms with Crippen LogP contribution in [0.5, 0.6) is 0 Å². The Hall–Kier alpha value is -5.66. The molecule has 0 aromatic heterocycles. The summed E-state index contributed by atoms with van der Waals surface area (Å²) in [5.74, 6) is 0.895. The lowest BCUT2D eigenvalue weighted by Gasteiger charge is -2.45. The standard InChI is InChI=1S/C46H33N/c1-30-28-31-26-27-32(29-39(31)36-17-6-5-16-34(30)36)35-19-13-20-38-37-18-7-8-21-40(37)46(45(35)38)41-22-9-11-24-43(41)47(33-14-3-2-4-15-33)44-25-12-10-23-42(44)46/h2-30,34H,1H3. The summed E-state index contributed by atoms with van der Waals surface area (Å²) in [5, 5.41) is 2.69. The number of hydrogen-bond acceptors (Lipinski definition) is 1. The van der Waals surface area contributed by atoms with Crippen LogP contribution in [-0.4, -0.2) is 0 Å². The maximum absolute atomic E-state index is 2.47. The molecule has 6 aromatic carbocycles. The van der Waals surface area contributed by atoms with Crippen LogP contribution >= 0.6 is 0 Å². The zero-order chi connectivity index (χ0) is 31.1. The van der Waals surface area contributed by atoms with Crippen molar-refractivity contribution in [2.24, 2.45) is 11.8 Å². The predicted molar refractivity (Wildman–Crippen MR) is 195 cm³/mol. The number of fused-ring (bicyclic) bond motifs is 11. The molecule has 1 spiro atoms. The van der Waals surface area contributed by atoms with Crippen LogP contribution in [0.1, 0.15) is 29.2 Å². The van der Waals surface area contributed by atoms with Gasteiger partial charge in [-0.3, -0.25) is 0 Å². The van der Waals surface area contributed by atoms with Gasteiger partial charge in [-0.15, -0.1) is 0 Å². The Bertz CT molecular complexity index is 2400. The predicted octanol–water partition coefficient (Wildman–Crippen LogP) is 9.82. The van der Waals surface area contributed by atoms with Crippen LogP contribution in [-0.2, 0) is 5.41 Å². The Kier molecular flexibility index (Phi) is 5.60. The molecule has 0 radical (unpaired) electrons. The summed E-state index contributed by atoms with van der Waals surface area (Å²) in [5.41, 5.74) is 15.1. The molecule has 1 heteroatoms. The highest BCUT2D eigenvalue weighted by Crippen LogP contribution is 2.64. The van der Waals surface area contributed by atoms with Crippen molar-refractivity contribution >= 4 is 28.7 Å². The van der Waals surface area contributed by atoms with Gasteiger partial charge in [0.05, 0.1) is 16.8 Å². The zero-order valence-corrected chi connectivity index (χ0v) is 26.3. The first-order chi connectivity index (χ1) is 23.2. The van der Waals surface area contributed by atoms with Gasteiger partial charge in [-0.05, 0) is 96.8 Å². The first kappa shape index (κ1) is 26.5. The minimum atomic E-state index is -0.485. The average molecular weight is 600 g/mol. The summed E-state index contributed by atoms with van der Waals surface area (Å²) in [6.45, 7) is 2.34. The van der Waals surface area contributed by atoms with E-state index in [-0.39, 0.29) is 0 Å². The summed E-state index contributed by atoms with van der Waals surface area (Å²) in [6.07, 6.45) is 11.5. The third-order valence-electron chi connectivity index (χ3n) is 10.9. The minimum Gasteiger partial charge on any atom is -0.310 e. The topological polar surface area (TPSA) is 3.24 Å². The fourth-order valence-electron chi connectivity index (χ4n) is 9.05. The van der Waals surface area contributed by atoms with Crippen LogP contribution < -0.4 is 15.3 Å². The molecule has 10 rings (SSSR count). The summed E-state index contributed by atoms with van der Waals surface area (Å²) in [7, 11) is 0. The van der Waals surface area contributed by atoms with Gasteiger partial charge in [0.2, 0.25) is 0 Å². The third-order valence-corrected chi connectivity index (χ3v) is 10.9. The summed E-state index contributed by atoms with van der Waals surface area (Å²) in [6, 6.07) is 52.2. The molecule has 0 N–H and O–H groups in total. The normalized spacial score (nSPS) is 18.8. The van der Waals surface area contributed by atoms with E-state index in [0.717, 1.165) is 0 Å². The van der Waals surface area contributed by atoms with Gasteiger partial charge < -0.3 is 4.90 Å². The molecule has 1 heterocycles. The van der Waals surface area contributed by atoms with E-state index in [9.17, 15) is 0 Å². The molecule has 4 aliphatic rings. The summed E-state index contributed by atoms with van der Waals surface area (Å²) in [4.78, 5) is 2.45. The second-order valence-corrected chi connectivity index (χ2v) is 13.3. The molecule has 0 bridgehead atoms. The lowest BCUT2D eigenvalue weighted by atomic mass is 9.63. The molecular formula is C46H33N. The maximum atomic E-state index is 2.47. The fraction of sp³-hybridized carbons (Fsp3) is 0.0870. The Balaban J connectivity index is 1.33. The fourth-order valence-corrected chi connectivity index (χ4v) is 9.05. The van der Waals surface area contributed by atoms with Crippen molar-refractivity contribution < 1.29 is 0 Å². The maximum Gasteiger partial charge on any atom is 0.0760 e. The van der Waals surface area contributed by atoms with E-state index in [0.29, 0.717) is 11.8 Å². The van der Waals surface area contributed by atoms with E-state index in [1.165, 1.54) is 77.6 Å². The number of nitrogens with zero attached hydrogens (tertiary/aromatic N) is 1. The minimum absolute atomic E-state index is 0.418. The van der Waals surface area contributed by atoms with E-state index in [2.05, 4.69) is 182 Å². The second-order valence-electron chi connectivity index (χ2n) is 13.3. The van der Waals surface area contributed by atoms with Gasteiger partial charge in [0.1, 0.15) is 0 Å². The van der Waals surface area contributed by atoms with Gasteiger partial charge in [0, 0.05) is 11.6 Å². The highest BCUT2D eigenvalue weighted by atomic mass is 15.2. The smallest absolute Gasteiger partial charge is 0.0760 e. The highest BCUT2D eigenvalue weighted by molar-refractivity contribution is 5.99. The molecule has 1 nitrogen and oxygen atoms in total. The average Bonchev–Trinajstić information content (AvgIpc) is 3.43. The van der Waals surface area contributed by atoms with Gasteiger partial charge >= 0.3 is 0 Å². The zero-order valence-electron chi connectivity index (χ0n) is 26.3. The van der Waals surface area contributed by atoms with Crippen molar-refractivity contribution in [1.82, 2.24) is 0 Å². The number of rotatable bonds is 2. The van der Waals surface area contributed by atoms with Gasteiger partial charge in [0.25, 0.3) is 0 Å². The van der Waals surface area contributed by atoms with E-state index in [4.69, 9.17) is 0 Å². The van der Waals surface area contributed by atoms with Crippen LogP contribution in [0.15, 0.2) is 164 Å². The quantitative estimate of drug-likeness (QED) is 0.191. The first-order valence-corrected chi connectivity index (χ1v) is 16.7. The molecule has 222 valence electrons. The Morgan fingerprint density at radius 1 is 0.574 bits per heavy atom. The van der Waals surface area contributed by atoms with Crippen LogP contribution in [0.4, 0.5) is 17.1 Å². The molecule has 47 heavy (non-hydrogen) atoms. The van der Waals surface area contributed by atoms with E-state index >= 15 is 0 Å². The SMILES string of the molecule is CC1C=c2ccc(-c3cccc4c3C3(c5ccccc5-4)c4ccccc4N(c4ccccc4)c4ccccc43)cc2=C2C=CC=CC21. The monoisotopic (exact) mass is 599 g/mol. The number of allylic oxidation sites excluding steroid dienone is 4. The molecule has 0 fully saturated rings. The van der Waals surface area contributed by atoms with Gasteiger partial charge in [-0.1, -0.05) is 146 Å². The van der Waals surface area contributed by atoms with Crippen LogP contribution in [0, 0.1) is 11.8 Å². The van der Waals surface area contributed by atoms with Gasteiger partial charge in [-0.2, -0.15) is 0 Å². The van der Waals surface area contributed by atoms with Crippen molar-refractivity contribution in [2.45, 2.75) is 12.3 Å². The number of anilines is 3. The number of benzene rings is 6. The van der Waals surface area contributed by atoms with Gasteiger partial charge in [0.15, 0.2) is 0 Å². The van der Waals surface area contributed by atoms with E-state index in [1.54, 1.807) is 0 Å². The van der Waals surface area contributed by atoms with Crippen molar-refractivity contribution in [3.8, 4) is 22.3 Å². The third kappa shape index (κ3) is 3.54. The lowest BCUT2D eigenvalue weighted by Crippen LogP contribution is -2.37. The summed E-state index contributed by atoms with van der Waals surface area (Å²) >= 11 is 0. The first-order valence-electron chi connectivity index (χ1n) is 16.7. The highest BCUT2D eigenvalue weighted by Gasteiger charge is 2.52. The lowest BCUT2D eigenvalue weighted by molar-refractivity contribution is 0.649. The number of para-hydroxylation sites is 3. The Labute approximate surface area is 275 Å². The van der Waals surface area contributed by atoms with E-state index < -0.39 is 5.41 Å². The molecule has 0 amide bonds. The molecule has 1 aliphatic heterocycles. The molecule has 2 unspecified atom stereocenters. The molecule has 2 atom stereocenters. The Morgan fingerprint density at radius 3 is 2.02 bits per heavy atom. The second kappa shape index (κ2) is 9.92. The largest absolute Gasteiger partial charge is 0.310 e. The van der Waals surface area contributed by atoms with Crippen molar-refractivity contribution in [3.05, 3.63) is 197 Å². The van der Waals surface area contributed by atoms with Crippen LogP contribution in [0.25, 0.3) is 33.9 Å².